The minimum atomic E-state index is -0.524. The molecule has 0 amide bonds. The summed E-state index contributed by atoms with van der Waals surface area (Å²) in [6.45, 7) is 2.15. The highest BCUT2D eigenvalue weighted by atomic mass is 16.3. The first kappa shape index (κ1) is 7.89. The van der Waals surface area contributed by atoms with Gasteiger partial charge >= 0.3 is 0 Å². The zero-order valence-corrected chi connectivity index (χ0v) is 7.33. The fourth-order valence-corrected chi connectivity index (χ4v) is 2.74. The highest BCUT2D eigenvalue weighted by Gasteiger charge is 2.41. The predicted octanol–water partition coefficient (Wildman–Crippen LogP) is 1.58. The molecule has 1 fully saturated rings. The lowest BCUT2D eigenvalue weighted by molar-refractivity contribution is 0.142. The van der Waals surface area contributed by atoms with Gasteiger partial charge in [-0.15, -0.1) is 6.42 Å². The number of aliphatic hydroxyl groups excluding tert-OH is 1. The molecule has 0 unspecified atom stereocenters. The van der Waals surface area contributed by atoms with Gasteiger partial charge in [-0.2, -0.15) is 0 Å². The van der Waals surface area contributed by atoms with Gasteiger partial charge < -0.3 is 5.11 Å². The van der Waals surface area contributed by atoms with Gasteiger partial charge in [-0.1, -0.05) is 17.6 Å². The molecule has 4 atom stereocenters. The first-order chi connectivity index (χ1) is 5.72. The summed E-state index contributed by atoms with van der Waals surface area (Å²) in [6, 6.07) is 0. The Morgan fingerprint density at radius 1 is 1.67 bits per heavy atom. The predicted molar refractivity (Wildman–Crippen MR) is 48.3 cm³/mol. The van der Waals surface area contributed by atoms with Crippen molar-refractivity contribution < 1.29 is 5.11 Å². The van der Waals surface area contributed by atoms with E-state index in [0.717, 1.165) is 6.42 Å². The van der Waals surface area contributed by atoms with Crippen molar-refractivity contribution in [3.63, 3.8) is 0 Å². The molecule has 0 spiro atoms. The molecule has 2 aliphatic rings. The molecule has 0 saturated heterocycles. The monoisotopic (exact) mass is 162 g/mol. The summed E-state index contributed by atoms with van der Waals surface area (Å²) >= 11 is 0. The van der Waals surface area contributed by atoms with Crippen molar-refractivity contribution >= 4 is 0 Å². The fourth-order valence-electron chi connectivity index (χ4n) is 2.74. The second-order valence-electron chi connectivity index (χ2n) is 4.02. The van der Waals surface area contributed by atoms with E-state index in [0.29, 0.717) is 17.8 Å². The molecule has 1 nitrogen and oxygen atoms in total. The number of aliphatic hydroxyl groups is 1. The Balaban J connectivity index is 2.15. The third-order valence-corrected chi connectivity index (χ3v) is 3.31. The molecule has 0 aliphatic heterocycles. The largest absolute Gasteiger partial charge is 0.380 e. The summed E-state index contributed by atoms with van der Waals surface area (Å²) in [5, 5.41) is 9.53. The second kappa shape index (κ2) is 2.64. The van der Waals surface area contributed by atoms with E-state index in [4.69, 9.17) is 6.42 Å². The van der Waals surface area contributed by atoms with Crippen LogP contribution < -0.4 is 0 Å². The third kappa shape index (κ3) is 0.990. The van der Waals surface area contributed by atoms with Crippen LogP contribution in [0.1, 0.15) is 19.8 Å². The smallest absolute Gasteiger partial charge is 0.117 e. The lowest BCUT2D eigenvalue weighted by Crippen LogP contribution is -2.24. The van der Waals surface area contributed by atoms with Crippen LogP contribution in [0.2, 0.25) is 0 Å². The van der Waals surface area contributed by atoms with Crippen molar-refractivity contribution in [2.75, 3.05) is 0 Å². The maximum atomic E-state index is 9.53. The molecule has 2 rings (SSSR count). The zero-order valence-electron chi connectivity index (χ0n) is 7.33. The Morgan fingerprint density at radius 2 is 2.42 bits per heavy atom. The molecule has 1 saturated carbocycles. The molecule has 0 radical (unpaired) electrons. The Morgan fingerprint density at radius 3 is 2.92 bits per heavy atom. The van der Waals surface area contributed by atoms with Gasteiger partial charge in [0.15, 0.2) is 0 Å². The van der Waals surface area contributed by atoms with E-state index in [-0.39, 0.29) is 0 Å². The molecule has 1 N–H and O–H groups in total. The average Bonchev–Trinajstić information content (AvgIpc) is 2.60. The van der Waals surface area contributed by atoms with Crippen molar-refractivity contribution in [3.05, 3.63) is 11.6 Å². The van der Waals surface area contributed by atoms with Crippen LogP contribution in [0.25, 0.3) is 0 Å². The summed E-state index contributed by atoms with van der Waals surface area (Å²) in [7, 11) is 0. The van der Waals surface area contributed by atoms with Crippen LogP contribution in [-0.4, -0.2) is 11.2 Å². The first-order valence-corrected chi connectivity index (χ1v) is 4.55. The van der Waals surface area contributed by atoms with E-state index in [2.05, 4.69) is 18.9 Å². The van der Waals surface area contributed by atoms with E-state index in [1.807, 2.05) is 0 Å². The van der Waals surface area contributed by atoms with Gasteiger partial charge in [-0.3, -0.25) is 0 Å². The van der Waals surface area contributed by atoms with Crippen molar-refractivity contribution in [2.45, 2.75) is 25.9 Å². The summed E-state index contributed by atoms with van der Waals surface area (Å²) < 4.78 is 0. The van der Waals surface area contributed by atoms with Crippen LogP contribution in [0.15, 0.2) is 11.6 Å². The Kier molecular flexibility index (Phi) is 1.73. The normalized spacial score (nSPS) is 40.8. The number of hydrogen-bond acceptors (Lipinski definition) is 1. The van der Waals surface area contributed by atoms with E-state index < -0.39 is 6.10 Å². The quantitative estimate of drug-likeness (QED) is 0.458. The number of fused-ring (bicyclic) bond motifs is 2. The Bertz CT molecular complexity index is 259. The van der Waals surface area contributed by atoms with Gasteiger partial charge in [-0.25, -0.2) is 0 Å². The first-order valence-electron chi connectivity index (χ1n) is 4.55. The number of hydrogen-bond donors (Lipinski definition) is 1. The zero-order chi connectivity index (χ0) is 8.72. The van der Waals surface area contributed by atoms with Crippen molar-refractivity contribution in [3.8, 4) is 12.3 Å². The van der Waals surface area contributed by atoms with Crippen LogP contribution in [0, 0.1) is 30.1 Å². The van der Waals surface area contributed by atoms with Gasteiger partial charge in [-0.05, 0) is 31.6 Å². The molecular formula is C11H14O. The molecule has 0 aromatic heterocycles. The maximum Gasteiger partial charge on any atom is 0.117 e. The van der Waals surface area contributed by atoms with Gasteiger partial charge in [0.2, 0.25) is 0 Å². The lowest BCUT2D eigenvalue weighted by atomic mass is 9.84. The van der Waals surface area contributed by atoms with Crippen molar-refractivity contribution in [2.24, 2.45) is 17.8 Å². The third-order valence-electron chi connectivity index (χ3n) is 3.31. The molecule has 12 heavy (non-hydrogen) atoms. The van der Waals surface area contributed by atoms with Gasteiger partial charge in [0.05, 0.1) is 0 Å². The van der Waals surface area contributed by atoms with Crippen LogP contribution in [0.3, 0.4) is 0 Å². The molecule has 0 aromatic carbocycles. The highest BCUT2D eigenvalue weighted by molar-refractivity contribution is 5.22. The molecule has 0 aromatic rings. The van der Waals surface area contributed by atoms with Crippen LogP contribution in [0.5, 0.6) is 0 Å². The lowest BCUT2D eigenvalue weighted by Gasteiger charge is -2.23. The van der Waals surface area contributed by atoms with Crippen molar-refractivity contribution in [1.82, 2.24) is 0 Å². The average molecular weight is 162 g/mol. The molecule has 64 valence electrons. The SMILES string of the molecule is C#C[C@H](O)[C@H]1C[C@@H]2C=C(C)[C@H]1C2. The summed E-state index contributed by atoms with van der Waals surface area (Å²) in [4.78, 5) is 0. The van der Waals surface area contributed by atoms with Gasteiger partial charge in [0.1, 0.15) is 6.10 Å². The second-order valence-corrected chi connectivity index (χ2v) is 4.02. The molecule has 0 heterocycles. The van der Waals surface area contributed by atoms with Crippen molar-refractivity contribution in [1.29, 1.82) is 0 Å². The molecule has 2 bridgehead atoms. The van der Waals surface area contributed by atoms with Crippen LogP contribution in [-0.2, 0) is 0 Å². The fraction of sp³-hybridized carbons (Fsp3) is 0.636. The molecule has 2 aliphatic carbocycles. The molecular weight excluding hydrogens is 148 g/mol. The summed E-state index contributed by atoms with van der Waals surface area (Å²) in [6.07, 6.45) is 9.33. The minimum absolute atomic E-state index is 0.338. The Hall–Kier alpha value is -0.740. The summed E-state index contributed by atoms with van der Waals surface area (Å²) in [5.41, 5.74) is 1.44. The number of rotatable bonds is 1. The van der Waals surface area contributed by atoms with Gasteiger partial charge in [0.25, 0.3) is 0 Å². The van der Waals surface area contributed by atoms with E-state index in [1.165, 1.54) is 12.0 Å². The van der Waals surface area contributed by atoms with E-state index in [1.54, 1.807) is 0 Å². The standard InChI is InChI=1S/C11H14O/c1-3-11(12)10-6-8-4-7(2)9(10)5-8/h1,4,8-12H,5-6H2,2H3/t8-,9-,10+,11+/m1/s1. The minimum Gasteiger partial charge on any atom is -0.380 e. The number of terminal acetylenes is 1. The summed E-state index contributed by atoms with van der Waals surface area (Å²) in [5.74, 6) is 4.05. The highest BCUT2D eigenvalue weighted by Crippen LogP contribution is 2.48. The van der Waals surface area contributed by atoms with Crippen LogP contribution in [0.4, 0.5) is 0 Å². The topological polar surface area (TPSA) is 20.2 Å². The van der Waals surface area contributed by atoms with E-state index in [9.17, 15) is 5.11 Å². The Labute approximate surface area is 73.5 Å². The van der Waals surface area contributed by atoms with Crippen LogP contribution >= 0.6 is 0 Å². The van der Waals surface area contributed by atoms with E-state index >= 15 is 0 Å². The molecule has 1 heteroatoms. The maximum absolute atomic E-state index is 9.53. The number of allylic oxidation sites excluding steroid dienone is 2. The van der Waals surface area contributed by atoms with Gasteiger partial charge in [0, 0.05) is 5.92 Å².